The van der Waals surface area contributed by atoms with Gasteiger partial charge in [0.25, 0.3) is 0 Å². The monoisotopic (exact) mass is 362 g/mol. The summed E-state index contributed by atoms with van der Waals surface area (Å²) in [7, 11) is 0. The summed E-state index contributed by atoms with van der Waals surface area (Å²) in [6, 6.07) is 12.1. The fourth-order valence-electron chi connectivity index (χ4n) is 4.06. The number of carbonyl (C=O) groups excluding carboxylic acids is 1. The van der Waals surface area contributed by atoms with Gasteiger partial charge < -0.3 is 9.88 Å². The maximum atomic E-state index is 12.3. The summed E-state index contributed by atoms with van der Waals surface area (Å²) in [6.07, 6.45) is 10.5. The van der Waals surface area contributed by atoms with Crippen LogP contribution in [0, 0.1) is 5.92 Å². The zero-order valence-corrected chi connectivity index (χ0v) is 15.6. The lowest BCUT2D eigenvalue weighted by Gasteiger charge is -2.20. The van der Waals surface area contributed by atoms with Crippen LogP contribution >= 0.6 is 0 Å². The molecule has 2 heterocycles. The molecule has 5 nitrogen and oxygen atoms in total. The van der Waals surface area contributed by atoms with Gasteiger partial charge in [-0.3, -0.25) is 9.78 Å². The first-order chi connectivity index (χ1) is 13.3. The molecule has 1 saturated carbocycles. The quantitative estimate of drug-likeness (QED) is 0.715. The zero-order chi connectivity index (χ0) is 18.5. The van der Waals surface area contributed by atoms with E-state index in [2.05, 4.69) is 20.9 Å². The number of benzene rings is 1. The van der Waals surface area contributed by atoms with Crippen molar-refractivity contribution in [1.29, 1.82) is 0 Å². The first kappa shape index (κ1) is 17.7. The second kappa shape index (κ2) is 8.33. The number of hydrogen-bond donors (Lipinski definition) is 1. The second-order valence-electron chi connectivity index (χ2n) is 7.37. The largest absolute Gasteiger partial charge is 0.354 e. The highest BCUT2D eigenvalue weighted by molar-refractivity contribution is 5.80. The fraction of sp³-hybridized carbons (Fsp3) is 0.409. The number of rotatable bonds is 6. The van der Waals surface area contributed by atoms with E-state index >= 15 is 0 Å². The van der Waals surface area contributed by atoms with Gasteiger partial charge in [0.05, 0.1) is 11.0 Å². The van der Waals surface area contributed by atoms with Gasteiger partial charge in [0.15, 0.2) is 0 Å². The maximum absolute atomic E-state index is 12.3. The summed E-state index contributed by atoms with van der Waals surface area (Å²) < 4.78 is 2.19. The third-order valence-corrected chi connectivity index (χ3v) is 5.45. The first-order valence-electron chi connectivity index (χ1n) is 9.93. The maximum Gasteiger partial charge on any atom is 0.220 e. The number of nitrogens with zero attached hydrogens (tertiary/aromatic N) is 3. The molecule has 1 amide bonds. The topological polar surface area (TPSA) is 59.8 Å². The van der Waals surface area contributed by atoms with Crippen LogP contribution in [0.5, 0.6) is 0 Å². The number of imidazole rings is 1. The molecule has 140 valence electrons. The smallest absolute Gasteiger partial charge is 0.220 e. The van der Waals surface area contributed by atoms with Gasteiger partial charge in [0.2, 0.25) is 5.91 Å². The van der Waals surface area contributed by atoms with Crippen molar-refractivity contribution in [2.45, 2.75) is 45.1 Å². The summed E-state index contributed by atoms with van der Waals surface area (Å²) in [5, 5.41) is 3.11. The van der Waals surface area contributed by atoms with Gasteiger partial charge in [-0.05, 0) is 43.0 Å². The third-order valence-electron chi connectivity index (χ3n) is 5.45. The molecule has 0 saturated heterocycles. The number of pyridine rings is 1. The van der Waals surface area contributed by atoms with E-state index in [1.54, 1.807) is 12.4 Å². The van der Waals surface area contributed by atoms with Crippen LogP contribution in [0.4, 0.5) is 0 Å². The Kier molecular flexibility index (Phi) is 5.47. The van der Waals surface area contributed by atoms with E-state index < -0.39 is 0 Å². The minimum Gasteiger partial charge on any atom is -0.354 e. The van der Waals surface area contributed by atoms with E-state index in [-0.39, 0.29) is 5.91 Å². The molecule has 0 atom stereocenters. The molecule has 0 aliphatic heterocycles. The van der Waals surface area contributed by atoms with Gasteiger partial charge in [0.1, 0.15) is 5.82 Å². The third kappa shape index (κ3) is 4.18. The predicted molar refractivity (Wildman–Crippen MR) is 107 cm³/mol. The van der Waals surface area contributed by atoms with Gasteiger partial charge in [-0.15, -0.1) is 0 Å². The highest BCUT2D eigenvalue weighted by Gasteiger charge is 2.17. The van der Waals surface area contributed by atoms with E-state index in [9.17, 15) is 4.79 Å². The van der Waals surface area contributed by atoms with Gasteiger partial charge >= 0.3 is 0 Å². The number of amides is 1. The summed E-state index contributed by atoms with van der Waals surface area (Å²) in [4.78, 5) is 21.2. The molecule has 0 bridgehead atoms. The van der Waals surface area contributed by atoms with Crippen molar-refractivity contribution in [3.63, 3.8) is 0 Å². The summed E-state index contributed by atoms with van der Waals surface area (Å²) in [5.41, 5.74) is 3.10. The summed E-state index contributed by atoms with van der Waals surface area (Å²) >= 11 is 0. The van der Waals surface area contributed by atoms with Gasteiger partial charge in [-0.2, -0.15) is 0 Å². The van der Waals surface area contributed by atoms with Crippen LogP contribution in [-0.2, 0) is 11.3 Å². The lowest BCUT2D eigenvalue weighted by molar-refractivity contribution is -0.122. The average molecular weight is 362 g/mol. The van der Waals surface area contributed by atoms with Gasteiger partial charge in [0, 0.05) is 37.5 Å². The van der Waals surface area contributed by atoms with Crippen molar-refractivity contribution in [2.75, 3.05) is 6.54 Å². The molecule has 1 aliphatic rings. The number of fused-ring (bicyclic) bond motifs is 1. The van der Waals surface area contributed by atoms with Crippen molar-refractivity contribution in [2.24, 2.45) is 5.92 Å². The van der Waals surface area contributed by atoms with Crippen LogP contribution in [0.2, 0.25) is 0 Å². The second-order valence-corrected chi connectivity index (χ2v) is 7.37. The van der Waals surface area contributed by atoms with Crippen molar-refractivity contribution in [3.8, 4) is 11.4 Å². The van der Waals surface area contributed by atoms with Crippen molar-refractivity contribution in [1.82, 2.24) is 19.9 Å². The standard InChI is InChI=1S/C22H26N4O/c27-21(16-17-6-2-1-3-7-17)24-14-15-26-20-9-5-4-8-19(20)25-22(26)18-10-12-23-13-11-18/h4-5,8-13,17H,1-3,6-7,14-16H2,(H,24,27). The molecule has 1 fully saturated rings. The molecule has 0 unspecified atom stereocenters. The predicted octanol–water partition coefficient (Wildman–Crippen LogP) is 4.18. The number of nitrogens with one attached hydrogen (secondary N) is 1. The molecule has 5 heteroatoms. The zero-order valence-electron chi connectivity index (χ0n) is 15.6. The Labute approximate surface area is 159 Å². The van der Waals surface area contributed by atoms with Gasteiger partial charge in [-0.1, -0.05) is 31.4 Å². The molecule has 1 N–H and O–H groups in total. The van der Waals surface area contributed by atoms with Crippen molar-refractivity contribution >= 4 is 16.9 Å². The molecule has 1 aliphatic carbocycles. The number of para-hydroxylation sites is 2. The normalized spacial score (nSPS) is 15.1. The summed E-state index contributed by atoms with van der Waals surface area (Å²) in [5.74, 6) is 1.66. The Bertz CT molecular complexity index is 897. The molecular formula is C22H26N4O. The Hall–Kier alpha value is -2.69. The minimum atomic E-state index is 0.178. The van der Waals surface area contributed by atoms with E-state index in [0.717, 1.165) is 22.4 Å². The van der Waals surface area contributed by atoms with Gasteiger partial charge in [-0.25, -0.2) is 4.98 Å². The molecule has 0 radical (unpaired) electrons. The Morgan fingerprint density at radius 3 is 2.67 bits per heavy atom. The van der Waals surface area contributed by atoms with Crippen molar-refractivity contribution in [3.05, 3.63) is 48.8 Å². The summed E-state index contributed by atoms with van der Waals surface area (Å²) in [6.45, 7) is 1.32. The van der Waals surface area contributed by atoms with E-state index in [0.29, 0.717) is 25.4 Å². The first-order valence-corrected chi connectivity index (χ1v) is 9.93. The Morgan fingerprint density at radius 2 is 1.85 bits per heavy atom. The van der Waals surface area contributed by atoms with Crippen LogP contribution in [-0.4, -0.2) is 27.0 Å². The lowest BCUT2D eigenvalue weighted by atomic mass is 9.87. The van der Waals surface area contributed by atoms with E-state index in [1.807, 2.05) is 30.3 Å². The SMILES string of the molecule is O=C(CC1CCCCC1)NCCn1c(-c2ccncc2)nc2ccccc21. The van der Waals surface area contributed by atoms with Crippen LogP contribution in [0.1, 0.15) is 38.5 Å². The number of carbonyl (C=O) groups is 1. The average Bonchev–Trinajstić information content (AvgIpc) is 3.08. The Balaban J connectivity index is 1.45. The molecule has 0 spiro atoms. The molecule has 3 aromatic rings. The fourth-order valence-corrected chi connectivity index (χ4v) is 4.06. The highest BCUT2D eigenvalue weighted by atomic mass is 16.1. The molecule has 2 aromatic heterocycles. The Morgan fingerprint density at radius 1 is 1.07 bits per heavy atom. The molecular weight excluding hydrogens is 336 g/mol. The molecule has 1 aromatic carbocycles. The lowest BCUT2D eigenvalue weighted by Crippen LogP contribution is -2.29. The van der Waals surface area contributed by atoms with Crippen LogP contribution < -0.4 is 5.32 Å². The van der Waals surface area contributed by atoms with E-state index in [4.69, 9.17) is 4.98 Å². The molecule has 4 rings (SSSR count). The number of hydrogen-bond acceptors (Lipinski definition) is 3. The molecule has 27 heavy (non-hydrogen) atoms. The number of aromatic nitrogens is 3. The highest BCUT2D eigenvalue weighted by Crippen LogP contribution is 2.26. The van der Waals surface area contributed by atoms with Crippen LogP contribution in [0.3, 0.4) is 0 Å². The van der Waals surface area contributed by atoms with Crippen LogP contribution in [0.15, 0.2) is 48.8 Å². The minimum absolute atomic E-state index is 0.178. The van der Waals surface area contributed by atoms with Crippen molar-refractivity contribution < 1.29 is 4.79 Å². The van der Waals surface area contributed by atoms with E-state index in [1.165, 1.54) is 32.1 Å². The van der Waals surface area contributed by atoms with Crippen LogP contribution in [0.25, 0.3) is 22.4 Å².